The van der Waals surface area contributed by atoms with Gasteiger partial charge in [-0.1, -0.05) is 44.0 Å². The molecule has 0 spiro atoms. The first-order chi connectivity index (χ1) is 15.4. The normalized spacial score (nSPS) is 24.8. The molecular formula is C26H38ClN3O2. The van der Waals surface area contributed by atoms with E-state index < -0.39 is 0 Å². The number of benzene rings is 1. The molecule has 1 saturated carbocycles. The van der Waals surface area contributed by atoms with E-state index in [9.17, 15) is 4.79 Å². The minimum absolute atomic E-state index is 0.0560. The van der Waals surface area contributed by atoms with Gasteiger partial charge in [0.25, 0.3) is 5.91 Å². The number of rotatable bonds is 9. The number of ether oxygens (including phenoxy) is 1. The van der Waals surface area contributed by atoms with Crippen molar-refractivity contribution in [2.24, 2.45) is 17.3 Å². The number of carbonyl (C=O) groups is 1. The fraction of sp³-hybridized carbons (Fsp3) is 0.654. The quantitative estimate of drug-likeness (QED) is 0.519. The molecule has 1 heterocycles. The molecule has 2 fully saturated rings. The minimum Gasteiger partial charge on any atom is -0.484 e. The summed E-state index contributed by atoms with van der Waals surface area (Å²) in [6.07, 6.45) is 5.20. The summed E-state index contributed by atoms with van der Waals surface area (Å²) >= 11 is 5.89. The third kappa shape index (κ3) is 5.32. The monoisotopic (exact) mass is 459 g/mol. The van der Waals surface area contributed by atoms with Crippen LogP contribution in [0.5, 0.6) is 5.75 Å². The molecule has 0 radical (unpaired) electrons. The minimum atomic E-state index is 0.0560. The van der Waals surface area contributed by atoms with Crippen LogP contribution in [0, 0.1) is 17.3 Å². The first-order valence-corrected chi connectivity index (χ1v) is 12.5. The van der Waals surface area contributed by atoms with Crippen LogP contribution < -0.4 is 4.74 Å². The molecule has 3 aliphatic carbocycles. The number of fused-ring (bicyclic) bond motifs is 1. The van der Waals surface area contributed by atoms with Gasteiger partial charge in [-0.2, -0.15) is 0 Å². The van der Waals surface area contributed by atoms with Crippen LogP contribution >= 0.6 is 11.6 Å². The van der Waals surface area contributed by atoms with Gasteiger partial charge in [0, 0.05) is 50.8 Å². The van der Waals surface area contributed by atoms with E-state index in [-0.39, 0.29) is 12.5 Å². The van der Waals surface area contributed by atoms with Gasteiger partial charge in [0.2, 0.25) is 0 Å². The maximum Gasteiger partial charge on any atom is 0.260 e. The van der Waals surface area contributed by atoms with Crippen LogP contribution in [0.3, 0.4) is 0 Å². The maximum atomic E-state index is 12.5. The lowest BCUT2D eigenvalue weighted by atomic mass is 9.49. The molecule has 1 amide bonds. The van der Waals surface area contributed by atoms with Crippen molar-refractivity contribution >= 4 is 17.5 Å². The molecule has 0 aromatic heterocycles. The van der Waals surface area contributed by atoms with E-state index >= 15 is 0 Å². The average molecular weight is 460 g/mol. The third-order valence-electron chi connectivity index (χ3n) is 8.07. The van der Waals surface area contributed by atoms with Crippen molar-refractivity contribution in [3.05, 3.63) is 40.9 Å². The van der Waals surface area contributed by atoms with Gasteiger partial charge in [0.1, 0.15) is 5.75 Å². The molecule has 32 heavy (non-hydrogen) atoms. The van der Waals surface area contributed by atoms with E-state index in [1.807, 2.05) is 4.90 Å². The van der Waals surface area contributed by atoms with Crippen molar-refractivity contribution in [1.29, 1.82) is 0 Å². The van der Waals surface area contributed by atoms with Crippen molar-refractivity contribution in [1.82, 2.24) is 14.7 Å². The molecule has 5 rings (SSSR count). The van der Waals surface area contributed by atoms with E-state index in [0.29, 0.717) is 16.2 Å². The van der Waals surface area contributed by atoms with Crippen molar-refractivity contribution < 1.29 is 9.53 Å². The number of amides is 1. The number of carbonyl (C=O) groups excluding carboxylic acids is 1. The van der Waals surface area contributed by atoms with Crippen LogP contribution in [-0.4, -0.2) is 79.6 Å². The van der Waals surface area contributed by atoms with Gasteiger partial charge in [0.05, 0.1) is 0 Å². The van der Waals surface area contributed by atoms with Crippen LogP contribution in [0.4, 0.5) is 0 Å². The van der Waals surface area contributed by atoms with E-state index in [2.05, 4.69) is 36.6 Å². The Hall–Kier alpha value is -1.56. The summed E-state index contributed by atoms with van der Waals surface area (Å²) in [7, 11) is 0. The van der Waals surface area contributed by atoms with Gasteiger partial charge in [0.15, 0.2) is 6.61 Å². The number of hydrogen-bond acceptors (Lipinski definition) is 4. The largest absolute Gasteiger partial charge is 0.484 e. The first kappa shape index (κ1) is 23.6. The topological polar surface area (TPSA) is 36.0 Å². The fourth-order valence-electron chi connectivity index (χ4n) is 5.53. The second kappa shape index (κ2) is 10.1. The lowest BCUT2D eigenvalue weighted by Crippen LogP contribution is -2.52. The van der Waals surface area contributed by atoms with E-state index in [1.54, 1.807) is 29.8 Å². The lowest BCUT2D eigenvalue weighted by Gasteiger charge is -2.57. The Morgan fingerprint density at radius 3 is 2.53 bits per heavy atom. The van der Waals surface area contributed by atoms with Crippen molar-refractivity contribution in [3.63, 3.8) is 0 Å². The summed E-state index contributed by atoms with van der Waals surface area (Å²) in [4.78, 5) is 19.5. The Bertz CT molecular complexity index is 815. The Balaban J connectivity index is 1.16. The molecule has 5 nitrogen and oxygen atoms in total. The summed E-state index contributed by atoms with van der Waals surface area (Å²) in [6.45, 7) is 15.1. The van der Waals surface area contributed by atoms with Gasteiger partial charge < -0.3 is 9.64 Å². The number of likely N-dealkylation sites (N-methyl/N-ethyl adjacent to an activating group) is 1. The maximum absolute atomic E-state index is 12.5. The molecule has 6 heteroatoms. The molecule has 176 valence electrons. The molecule has 1 aliphatic heterocycles. The smallest absolute Gasteiger partial charge is 0.260 e. The zero-order valence-corrected chi connectivity index (χ0v) is 20.6. The number of allylic oxidation sites excluding steroid dienone is 1. The Morgan fingerprint density at radius 1 is 1.19 bits per heavy atom. The summed E-state index contributed by atoms with van der Waals surface area (Å²) in [5.74, 6) is 2.43. The molecule has 2 bridgehead atoms. The Morgan fingerprint density at radius 2 is 1.91 bits per heavy atom. The lowest BCUT2D eigenvalue weighted by molar-refractivity contribution is -0.135. The van der Waals surface area contributed by atoms with E-state index in [0.717, 1.165) is 64.2 Å². The number of piperazine rings is 1. The van der Waals surface area contributed by atoms with Crippen molar-refractivity contribution in [3.8, 4) is 5.75 Å². The zero-order valence-electron chi connectivity index (χ0n) is 19.9. The highest BCUT2D eigenvalue weighted by Crippen LogP contribution is 2.59. The molecule has 4 aliphatic rings. The second-order valence-corrected chi connectivity index (χ2v) is 10.6. The fourth-order valence-corrected chi connectivity index (χ4v) is 5.66. The average Bonchev–Trinajstić information content (AvgIpc) is 2.81. The Labute approximate surface area is 198 Å². The number of halogens is 1. The second-order valence-electron chi connectivity index (χ2n) is 10.2. The van der Waals surface area contributed by atoms with Crippen LogP contribution in [0.15, 0.2) is 35.9 Å². The van der Waals surface area contributed by atoms with Gasteiger partial charge in [-0.3, -0.25) is 14.6 Å². The molecule has 0 N–H and O–H groups in total. The van der Waals surface area contributed by atoms with Crippen LogP contribution in [0.2, 0.25) is 5.02 Å². The van der Waals surface area contributed by atoms with E-state index in [1.165, 1.54) is 12.8 Å². The summed E-state index contributed by atoms with van der Waals surface area (Å²) < 4.78 is 5.62. The third-order valence-corrected chi connectivity index (χ3v) is 8.32. The molecule has 1 aromatic carbocycles. The van der Waals surface area contributed by atoms with Gasteiger partial charge in [-0.05, 0) is 60.9 Å². The molecule has 2 unspecified atom stereocenters. The van der Waals surface area contributed by atoms with Crippen molar-refractivity contribution in [2.75, 3.05) is 59.0 Å². The Kier molecular flexibility index (Phi) is 7.48. The molecule has 2 atom stereocenters. The number of nitrogens with zero attached hydrogens (tertiary/aromatic N) is 3. The van der Waals surface area contributed by atoms with Crippen LogP contribution in [-0.2, 0) is 4.79 Å². The summed E-state index contributed by atoms with van der Waals surface area (Å²) in [6, 6.07) is 7.13. The van der Waals surface area contributed by atoms with Crippen LogP contribution in [0.1, 0.15) is 33.6 Å². The van der Waals surface area contributed by atoms with Crippen LogP contribution in [0.25, 0.3) is 0 Å². The molecular weight excluding hydrogens is 422 g/mol. The predicted molar refractivity (Wildman–Crippen MR) is 130 cm³/mol. The van der Waals surface area contributed by atoms with Gasteiger partial charge in [-0.25, -0.2) is 0 Å². The first-order valence-electron chi connectivity index (χ1n) is 12.2. The van der Waals surface area contributed by atoms with Gasteiger partial charge in [-0.15, -0.1) is 0 Å². The molecule has 1 aromatic rings. The van der Waals surface area contributed by atoms with Crippen molar-refractivity contribution in [2.45, 2.75) is 33.6 Å². The highest BCUT2D eigenvalue weighted by molar-refractivity contribution is 6.30. The summed E-state index contributed by atoms with van der Waals surface area (Å²) in [5.41, 5.74) is 2.18. The number of hydrogen-bond donors (Lipinski definition) is 0. The zero-order chi connectivity index (χ0) is 22.7. The standard InChI is InChI=1S/C26H38ClN3O2/c1-4-28(18-20-5-6-21-17-24(20)26(21,2)3)11-12-29-13-15-30(16-14-29)25(31)19-32-23-9-7-22(27)8-10-23/h5,7-10,21,24H,4,6,11-19H2,1-3H3. The van der Waals surface area contributed by atoms with E-state index in [4.69, 9.17) is 16.3 Å². The molecule has 1 saturated heterocycles. The predicted octanol–water partition coefficient (Wildman–Crippen LogP) is 4.18. The SMILES string of the molecule is CCN(CCN1CCN(C(=O)COc2ccc(Cl)cc2)CC1)CC1=CCC2CC1C2(C)C. The van der Waals surface area contributed by atoms with Gasteiger partial charge >= 0.3 is 0 Å². The highest BCUT2D eigenvalue weighted by atomic mass is 35.5. The summed E-state index contributed by atoms with van der Waals surface area (Å²) in [5, 5.41) is 0.664. The highest BCUT2D eigenvalue weighted by Gasteiger charge is 2.51.